The number of carbonyl (C=O) groups is 1. The van der Waals surface area contributed by atoms with Gasteiger partial charge in [-0.2, -0.15) is 0 Å². The van der Waals surface area contributed by atoms with E-state index >= 15 is 0 Å². The molecule has 0 spiro atoms. The lowest BCUT2D eigenvalue weighted by atomic mass is 10.1. The van der Waals surface area contributed by atoms with Crippen molar-refractivity contribution in [1.82, 2.24) is 19.2 Å². The van der Waals surface area contributed by atoms with Gasteiger partial charge in [-0.3, -0.25) is 18.6 Å². The number of nitrogens with zero attached hydrogens (tertiary/aromatic N) is 4. The van der Waals surface area contributed by atoms with E-state index in [0.717, 1.165) is 22.5 Å². The number of benzene rings is 1. The quantitative estimate of drug-likeness (QED) is 0.346. The summed E-state index contributed by atoms with van der Waals surface area (Å²) < 4.78 is 4.17. The summed E-state index contributed by atoms with van der Waals surface area (Å²) in [5, 5.41) is 16.0. The third-order valence-electron chi connectivity index (χ3n) is 5.05. The Morgan fingerprint density at radius 2 is 1.94 bits per heavy atom. The topological polar surface area (TPSA) is 81.3 Å². The maximum absolute atomic E-state index is 13.1. The molecule has 7 nitrogen and oxygen atoms in total. The van der Waals surface area contributed by atoms with Crippen molar-refractivity contribution in [3.05, 3.63) is 74.0 Å². The first-order valence-corrected chi connectivity index (χ1v) is 12.8. The summed E-state index contributed by atoms with van der Waals surface area (Å²) in [5.74, 6) is 0.545. The van der Waals surface area contributed by atoms with Crippen LogP contribution in [0, 0.1) is 0 Å². The van der Waals surface area contributed by atoms with Crippen LogP contribution in [-0.2, 0) is 17.8 Å². The van der Waals surface area contributed by atoms with E-state index in [0.29, 0.717) is 22.2 Å². The molecule has 0 aliphatic rings. The molecule has 4 aromatic heterocycles. The number of aromatic nitrogens is 4. The van der Waals surface area contributed by atoms with Crippen LogP contribution >= 0.6 is 34.4 Å². The van der Waals surface area contributed by atoms with Crippen molar-refractivity contribution >= 4 is 62.0 Å². The Kier molecular flexibility index (Phi) is 5.81. The summed E-state index contributed by atoms with van der Waals surface area (Å²) in [4.78, 5) is 26.6. The average Bonchev–Trinajstić information content (AvgIpc) is 3.56. The number of hydrogen-bond acceptors (Lipinski definition) is 7. The number of thioether (sulfide) groups is 1. The maximum Gasteiger partial charge on any atom is 0.273 e. The lowest BCUT2D eigenvalue weighted by molar-refractivity contribution is -0.113. The first-order valence-electron chi connectivity index (χ1n) is 10.0. The summed E-state index contributed by atoms with van der Waals surface area (Å²) in [6.45, 7) is 2.53. The monoisotopic (exact) mass is 481 g/mol. The van der Waals surface area contributed by atoms with E-state index in [4.69, 9.17) is 0 Å². The zero-order chi connectivity index (χ0) is 22.1. The molecule has 1 aromatic carbocycles. The second kappa shape index (κ2) is 8.89. The van der Waals surface area contributed by atoms with E-state index in [9.17, 15) is 9.59 Å². The molecule has 0 unspecified atom stereocenters. The first-order chi connectivity index (χ1) is 15.6. The van der Waals surface area contributed by atoms with E-state index in [2.05, 4.69) is 22.4 Å². The van der Waals surface area contributed by atoms with E-state index in [1.54, 1.807) is 15.9 Å². The standard InChI is InChI=1S/C22H19N5O2S3/c1-2-14-5-7-15(8-6-14)23-18(28)13-32-22-25-24-21-26(12-16-4-3-10-30-16)20(29)19-17(27(21)22)9-11-31-19/h3-11H,2,12-13H2,1H3,(H,23,28). The molecule has 5 aromatic rings. The minimum Gasteiger partial charge on any atom is -0.325 e. The second-order valence-electron chi connectivity index (χ2n) is 7.11. The van der Waals surface area contributed by atoms with Gasteiger partial charge in [-0.1, -0.05) is 36.9 Å². The molecule has 1 N–H and O–H groups in total. The molecule has 5 rings (SSSR count). The Bertz CT molecular complexity index is 1450. The molecule has 0 radical (unpaired) electrons. The molecule has 162 valence electrons. The van der Waals surface area contributed by atoms with Gasteiger partial charge < -0.3 is 5.32 Å². The highest BCUT2D eigenvalue weighted by atomic mass is 32.2. The number of fused-ring (bicyclic) bond motifs is 3. The predicted molar refractivity (Wildman–Crippen MR) is 131 cm³/mol. The zero-order valence-electron chi connectivity index (χ0n) is 17.1. The second-order valence-corrected chi connectivity index (χ2v) is 10.0. The zero-order valence-corrected chi connectivity index (χ0v) is 19.6. The number of amides is 1. The smallest absolute Gasteiger partial charge is 0.273 e. The third-order valence-corrected chi connectivity index (χ3v) is 7.74. The lowest BCUT2D eigenvalue weighted by Crippen LogP contribution is -2.22. The van der Waals surface area contributed by atoms with Gasteiger partial charge in [0.2, 0.25) is 11.7 Å². The van der Waals surface area contributed by atoms with Crippen molar-refractivity contribution in [3.8, 4) is 0 Å². The first kappa shape index (κ1) is 20.9. The van der Waals surface area contributed by atoms with Crippen LogP contribution < -0.4 is 10.9 Å². The summed E-state index contributed by atoms with van der Waals surface area (Å²) in [7, 11) is 0. The fraction of sp³-hybridized carbons (Fsp3) is 0.182. The maximum atomic E-state index is 13.1. The molecule has 0 bridgehead atoms. The minimum atomic E-state index is -0.121. The summed E-state index contributed by atoms with van der Waals surface area (Å²) in [6, 6.07) is 13.7. The molecule has 0 atom stereocenters. The van der Waals surface area contributed by atoms with Gasteiger partial charge in [0.1, 0.15) is 4.70 Å². The molecular weight excluding hydrogens is 462 g/mol. The van der Waals surface area contributed by atoms with Crippen LogP contribution in [-0.4, -0.2) is 30.8 Å². The van der Waals surface area contributed by atoms with Gasteiger partial charge in [0.15, 0.2) is 5.16 Å². The Hall–Kier alpha value is -2.95. The molecule has 0 aliphatic heterocycles. The van der Waals surface area contributed by atoms with Gasteiger partial charge in [0.25, 0.3) is 5.56 Å². The number of thiophene rings is 2. The third kappa shape index (κ3) is 3.96. The average molecular weight is 482 g/mol. The normalized spacial score (nSPS) is 11.4. The molecule has 0 saturated heterocycles. The van der Waals surface area contributed by atoms with Gasteiger partial charge in [-0.15, -0.1) is 32.9 Å². The van der Waals surface area contributed by atoms with Crippen molar-refractivity contribution < 1.29 is 4.79 Å². The van der Waals surface area contributed by atoms with E-state index in [1.807, 2.05) is 57.6 Å². The van der Waals surface area contributed by atoms with Gasteiger partial charge in [-0.05, 0) is 47.0 Å². The fourth-order valence-electron chi connectivity index (χ4n) is 3.45. The van der Waals surface area contributed by atoms with Crippen LogP contribution in [0.15, 0.2) is 63.2 Å². The summed E-state index contributed by atoms with van der Waals surface area (Å²) >= 11 is 4.30. The molecule has 1 amide bonds. The number of hydrogen-bond donors (Lipinski definition) is 1. The van der Waals surface area contributed by atoms with Crippen molar-refractivity contribution in [2.24, 2.45) is 0 Å². The van der Waals surface area contributed by atoms with E-state index < -0.39 is 0 Å². The number of rotatable bonds is 7. The molecule has 0 fully saturated rings. The SMILES string of the molecule is CCc1ccc(NC(=O)CSc2nnc3n(Cc4cccs4)c(=O)c4sccc4n23)cc1. The molecule has 0 aliphatic carbocycles. The van der Waals surface area contributed by atoms with Gasteiger partial charge in [0.05, 0.1) is 17.8 Å². The molecule has 10 heteroatoms. The highest BCUT2D eigenvalue weighted by Gasteiger charge is 2.19. The van der Waals surface area contributed by atoms with Crippen LogP contribution in [0.25, 0.3) is 16.0 Å². The number of aryl methyl sites for hydroxylation is 1. The largest absolute Gasteiger partial charge is 0.325 e. The summed E-state index contributed by atoms with van der Waals surface area (Å²) in [5.41, 5.74) is 2.68. The van der Waals surface area contributed by atoms with Gasteiger partial charge in [-0.25, -0.2) is 0 Å². The molecule has 0 saturated carbocycles. The van der Waals surface area contributed by atoms with Crippen LogP contribution in [0.1, 0.15) is 17.4 Å². The van der Waals surface area contributed by atoms with Crippen LogP contribution in [0.3, 0.4) is 0 Å². The molecule has 32 heavy (non-hydrogen) atoms. The van der Waals surface area contributed by atoms with Crippen LogP contribution in [0.4, 0.5) is 5.69 Å². The Morgan fingerprint density at radius 3 is 2.69 bits per heavy atom. The Labute approximate surface area is 195 Å². The number of carbonyl (C=O) groups excluding carboxylic acids is 1. The van der Waals surface area contributed by atoms with Crippen molar-refractivity contribution in [3.63, 3.8) is 0 Å². The van der Waals surface area contributed by atoms with Crippen molar-refractivity contribution in [2.45, 2.75) is 25.0 Å². The van der Waals surface area contributed by atoms with Gasteiger partial charge >= 0.3 is 0 Å². The molecular formula is C22H19N5O2S3. The van der Waals surface area contributed by atoms with E-state index in [-0.39, 0.29) is 17.2 Å². The van der Waals surface area contributed by atoms with E-state index in [1.165, 1.54) is 28.7 Å². The highest BCUT2D eigenvalue weighted by Crippen LogP contribution is 2.25. The number of anilines is 1. The predicted octanol–water partition coefficient (Wildman–Crippen LogP) is 4.51. The van der Waals surface area contributed by atoms with Crippen LogP contribution in [0.5, 0.6) is 0 Å². The highest BCUT2D eigenvalue weighted by molar-refractivity contribution is 7.99. The van der Waals surface area contributed by atoms with Crippen LogP contribution in [0.2, 0.25) is 0 Å². The van der Waals surface area contributed by atoms with Crippen molar-refractivity contribution in [2.75, 3.05) is 11.1 Å². The molecule has 4 heterocycles. The van der Waals surface area contributed by atoms with Crippen molar-refractivity contribution in [1.29, 1.82) is 0 Å². The Morgan fingerprint density at radius 1 is 1.09 bits per heavy atom. The summed E-state index contributed by atoms with van der Waals surface area (Å²) in [6.07, 6.45) is 0.957. The number of nitrogens with one attached hydrogen (secondary N) is 1. The van der Waals surface area contributed by atoms with Gasteiger partial charge in [0, 0.05) is 10.6 Å². The Balaban J connectivity index is 1.42. The lowest BCUT2D eigenvalue weighted by Gasteiger charge is -2.09. The minimum absolute atomic E-state index is 0.0758. The fourth-order valence-corrected chi connectivity index (χ4v) is 5.70.